The van der Waals surface area contributed by atoms with Crippen LogP contribution in [0.2, 0.25) is 0 Å². The third-order valence-corrected chi connectivity index (χ3v) is 1.58. The molecular weight excluding hydrogens is 172 g/mol. The molecular formula is C7H8N4O2. The van der Waals surface area contributed by atoms with Crippen LogP contribution in [0.3, 0.4) is 0 Å². The van der Waals surface area contributed by atoms with E-state index in [1.807, 2.05) is 0 Å². The number of aromatic nitrogens is 4. The lowest BCUT2D eigenvalue weighted by Gasteiger charge is -1.97. The van der Waals surface area contributed by atoms with E-state index >= 15 is 0 Å². The molecule has 2 aromatic rings. The van der Waals surface area contributed by atoms with Crippen molar-refractivity contribution in [1.82, 2.24) is 20.2 Å². The highest BCUT2D eigenvalue weighted by atomic mass is 16.3. The second-order valence-corrected chi connectivity index (χ2v) is 2.43. The van der Waals surface area contributed by atoms with Crippen LogP contribution in [0.25, 0.3) is 5.88 Å². The van der Waals surface area contributed by atoms with Crippen molar-refractivity contribution >= 4 is 0 Å². The van der Waals surface area contributed by atoms with Crippen LogP contribution >= 0.6 is 0 Å². The Bertz CT molecular complexity index is 368. The fraction of sp³-hybridized carbons (Fsp3) is 0.286. The normalized spacial score (nSPS) is 10.5. The lowest BCUT2D eigenvalue weighted by molar-refractivity contribution is 0.295. The topological polar surface area (TPSA) is 77.0 Å². The van der Waals surface area contributed by atoms with Gasteiger partial charge in [0.15, 0.2) is 5.82 Å². The smallest absolute Gasteiger partial charge is 0.222 e. The Morgan fingerprint density at radius 2 is 2.46 bits per heavy atom. The van der Waals surface area contributed by atoms with Gasteiger partial charge in [0.25, 0.3) is 0 Å². The molecule has 0 aromatic carbocycles. The molecule has 6 heteroatoms. The lowest BCUT2D eigenvalue weighted by atomic mass is 10.4. The Kier molecular flexibility index (Phi) is 2.05. The molecule has 0 radical (unpaired) electrons. The number of hydrogen-bond acceptors (Lipinski definition) is 5. The summed E-state index contributed by atoms with van der Waals surface area (Å²) in [5.74, 6) is 1.13. The Morgan fingerprint density at radius 3 is 3.15 bits per heavy atom. The number of aliphatic hydroxyl groups excluding tert-OH is 1. The predicted octanol–water partition coefficient (Wildman–Crippen LogP) is -0.210. The van der Waals surface area contributed by atoms with Gasteiger partial charge in [-0.15, -0.1) is 5.10 Å². The molecule has 0 fully saturated rings. The van der Waals surface area contributed by atoms with Gasteiger partial charge in [-0.2, -0.15) is 4.68 Å². The Balaban J connectivity index is 2.35. The summed E-state index contributed by atoms with van der Waals surface area (Å²) in [6.45, 7) is 0.0150. The third-order valence-electron chi connectivity index (χ3n) is 1.58. The van der Waals surface area contributed by atoms with E-state index in [-0.39, 0.29) is 6.61 Å². The summed E-state index contributed by atoms with van der Waals surface area (Å²) in [5, 5.41) is 19.7. The van der Waals surface area contributed by atoms with Gasteiger partial charge in [0.2, 0.25) is 5.88 Å². The van der Waals surface area contributed by atoms with Crippen molar-refractivity contribution in [3.8, 4) is 5.88 Å². The molecule has 0 amide bonds. The second-order valence-electron chi connectivity index (χ2n) is 2.43. The number of aliphatic hydroxyl groups is 1. The van der Waals surface area contributed by atoms with Crippen LogP contribution < -0.4 is 0 Å². The first kappa shape index (κ1) is 7.93. The number of rotatable bonds is 3. The first-order valence-corrected chi connectivity index (χ1v) is 3.84. The van der Waals surface area contributed by atoms with Crippen LogP contribution in [0.5, 0.6) is 0 Å². The van der Waals surface area contributed by atoms with Gasteiger partial charge in [0, 0.05) is 12.5 Å². The summed E-state index contributed by atoms with van der Waals surface area (Å²) in [7, 11) is 0. The number of furan rings is 1. The van der Waals surface area contributed by atoms with Gasteiger partial charge in [0.05, 0.1) is 12.9 Å². The minimum absolute atomic E-state index is 0.0150. The van der Waals surface area contributed by atoms with Gasteiger partial charge < -0.3 is 9.52 Å². The minimum atomic E-state index is 0.0150. The zero-order valence-electron chi connectivity index (χ0n) is 6.79. The standard InChI is InChI=1S/C7H8N4O2/c12-4-3-6-8-9-10-11(6)7-2-1-5-13-7/h1-2,5,12H,3-4H2. The largest absolute Gasteiger partial charge is 0.447 e. The SMILES string of the molecule is OCCc1nnnn1-c1ccco1. The maximum Gasteiger partial charge on any atom is 0.222 e. The predicted molar refractivity (Wildman–Crippen MR) is 42.2 cm³/mol. The molecule has 2 heterocycles. The molecule has 0 spiro atoms. The quantitative estimate of drug-likeness (QED) is 0.707. The Hall–Kier alpha value is -1.69. The number of hydrogen-bond donors (Lipinski definition) is 1. The second kappa shape index (κ2) is 3.36. The highest BCUT2D eigenvalue weighted by molar-refractivity contribution is 5.16. The van der Waals surface area contributed by atoms with Crippen molar-refractivity contribution in [3.63, 3.8) is 0 Å². The van der Waals surface area contributed by atoms with Crippen molar-refractivity contribution in [2.75, 3.05) is 6.61 Å². The molecule has 0 aliphatic rings. The van der Waals surface area contributed by atoms with E-state index in [1.165, 1.54) is 4.68 Å². The fourth-order valence-corrected chi connectivity index (χ4v) is 1.02. The maximum absolute atomic E-state index is 8.72. The molecule has 0 unspecified atom stereocenters. The zero-order chi connectivity index (χ0) is 9.10. The summed E-state index contributed by atoms with van der Waals surface area (Å²) in [5.41, 5.74) is 0. The number of tetrazole rings is 1. The van der Waals surface area contributed by atoms with Crippen LogP contribution in [-0.2, 0) is 6.42 Å². The van der Waals surface area contributed by atoms with Gasteiger partial charge in [-0.3, -0.25) is 0 Å². The van der Waals surface area contributed by atoms with Gasteiger partial charge in [-0.05, 0) is 16.5 Å². The van der Waals surface area contributed by atoms with Gasteiger partial charge in [-0.1, -0.05) is 0 Å². The molecule has 0 saturated carbocycles. The molecule has 0 aliphatic heterocycles. The molecule has 6 nitrogen and oxygen atoms in total. The van der Waals surface area contributed by atoms with E-state index in [9.17, 15) is 0 Å². The van der Waals surface area contributed by atoms with E-state index in [0.29, 0.717) is 18.1 Å². The Labute approximate surface area is 73.8 Å². The third kappa shape index (κ3) is 1.43. The van der Waals surface area contributed by atoms with Crippen molar-refractivity contribution in [2.45, 2.75) is 6.42 Å². The zero-order valence-corrected chi connectivity index (χ0v) is 6.79. The Morgan fingerprint density at radius 1 is 1.54 bits per heavy atom. The van der Waals surface area contributed by atoms with E-state index in [2.05, 4.69) is 15.5 Å². The summed E-state index contributed by atoms with van der Waals surface area (Å²) >= 11 is 0. The molecule has 13 heavy (non-hydrogen) atoms. The van der Waals surface area contributed by atoms with Gasteiger partial charge in [0.1, 0.15) is 0 Å². The highest BCUT2D eigenvalue weighted by Crippen LogP contribution is 2.07. The number of nitrogens with zero attached hydrogens (tertiary/aromatic N) is 4. The monoisotopic (exact) mass is 180 g/mol. The first-order valence-electron chi connectivity index (χ1n) is 3.84. The van der Waals surface area contributed by atoms with Crippen LogP contribution in [0.15, 0.2) is 22.8 Å². The van der Waals surface area contributed by atoms with E-state index in [0.717, 1.165) is 0 Å². The summed E-state index contributed by atoms with van der Waals surface area (Å²) in [4.78, 5) is 0. The highest BCUT2D eigenvalue weighted by Gasteiger charge is 2.08. The van der Waals surface area contributed by atoms with E-state index in [1.54, 1.807) is 18.4 Å². The first-order chi connectivity index (χ1) is 6.42. The van der Waals surface area contributed by atoms with Crippen molar-refractivity contribution in [1.29, 1.82) is 0 Å². The summed E-state index contributed by atoms with van der Waals surface area (Å²) in [6.07, 6.45) is 1.95. The fourth-order valence-electron chi connectivity index (χ4n) is 1.02. The van der Waals surface area contributed by atoms with E-state index < -0.39 is 0 Å². The summed E-state index contributed by atoms with van der Waals surface area (Å²) < 4.78 is 6.56. The van der Waals surface area contributed by atoms with Crippen molar-refractivity contribution in [3.05, 3.63) is 24.2 Å². The molecule has 1 N–H and O–H groups in total. The molecule has 2 aromatic heterocycles. The molecule has 0 bridgehead atoms. The van der Waals surface area contributed by atoms with Crippen LogP contribution in [-0.4, -0.2) is 31.9 Å². The van der Waals surface area contributed by atoms with Crippen LogP contribution in [0.4, 0.5) is 0 Å². The average molecular weight is 180 g/mol. The molecule has 2 rings (SSSR count). The molecule has 0 aliphatic carbocycles. The maximum atomic E-state index is 8.72. The lowest BCUT2D eigenvalue weighted by Crippen LogP contribution is -2.04. The van der Waals surface area contributed by atoms with Crippen molar-refractivity contribution in [2.24, 2.45) is 0 Å². The molecule has 0 saturated heterocycles. The minimum Gasteiger partial charge on any atom is -0.447 e. The van der Waals surface area contributed by atoms with Gasteiger partial charge >= 0.3 is 0 Å². The van der Waals surface area contributed by atoms with E-state index in [4.69, 9.17) is 9.52 Å². The summed E-state index contributed by atoms with van der Waals surface area (Å²) in [6, 6.07) is 3.50. The van der Waals surface area contributed by atoms with Crippen LogP contribution in [0.1, 0.15) is 5.82 Å². The molecule has 68 valence electrons. The van der Waals surface area contributed by atoms with Crippen LogP contribution in [0, 0.1) is 0 Å². The average Bonchev–Trinajstić information content (AvgIpc) is 2.71. The van der Waals surface area contributed by atoms with Gasteiger partial charge in [-0.25, -0.2) is 0 Å². The van der Waals surface area contributed by atoms with Crippen molar-refractivity contribution < 1.29 is 9.52 Å². The molecule has 0 atom stereocenters.